The molecule has 12 amide bonds. The minimum absolute atomic E-state index is 0.0540. The molecule has 3 aliphatic carbocycles. The van der Waals surface area contributed by atoms with Crippen LogP contribution in [0.5, 0.6) is 0 Å². The Morgan fingerprint density at radius 1 is 0.689 bits per heavy atom. The van der Waals surface area contributed by atoms with Gasteiger partial charge in [0.1, 0.15) is 71.1 Å². The normalized spacial score (nSPS) is 27.8. The maximum absolute atomic E-state index is 15.5. The summed E-state index contributed by atoms with van der Waals surface area (Å²) in [5.74, 6) is -18.3. The SMILES string of the molecule is CCO[C@@H]1C[C@H]2C(=O)NC3(CCC3)C(=O)N(C)[C@@H](C3CCCC3)C(=O)N(C)[C@H](C(=O)N(C)C)CC(=O)N(C)[C@@H](CC(C)C)C(=O)N[C@@H]([C@@H](C)CC)C(=O)N(C)CC(=O)N(C)[C@H]3C/C=C\CCN(C3=O)[C@@H](CC3CCC(F)(F)CC3)C(=O)N(C)CC(=O)N[C@@H](CCc3cc(F)c(C(F)(F)F)c(F)c3)C(=O)N2C1. The zero-order valence-electron chi connectivity index (χ0n) is 63.5. The van der Waals surface area contributed by atoms with Crippen LogP contribution in [0.15, 0.2) is 24.3 Å². The van der Waals surface area contributed by atoms with E-state index in [0.717, 1.165) is 29.4 Å². The summed E-state index contributed by atoms with van der Waals surface area (Å²) in [6.07, 6.45) is -2.95. The van der Waals surface area contributed by atoms with Crippen LogP contribution in [0.2, 0.25) is 0 Å². The third kappa shape index (κ3) is 20.4. The van der Waals surface area contributed by atoms with E-state index in [9.17, 15) is 50.7 Å². The van der Waals surface area contributed by atoms with E-state index in [2.05, 4.69) is 16.0 Å². The summed E-state index contributed by atoms with van der Waals surface area (Å²) in [6.45, 7) is 6.88. The highest BCUT2D eigenvalue weighted by atomic mass is 19.4. The van der Waals surface area contributed by atoms with E-state index in [1.807, 2.05) is 13.8 Å². The van der Waals surface area contributed by atoms with Crippen molar-refractivity contribution < 1.29 is 93.0 Å². The van der Waals surface area contributed by atoms with Crippen molar-refractivity contribution >= 4 is 70.9 Å². The minimum Gasteiger partial charge on any atom is -0.377 e. The highest BCUT2D eigenvalue weighted by Gasteiger charge is 2.54. The molecule has 592 valence electrons. The lowest BCUT2D eigenvalue weighted by Crippen LogP contribution is -2.68. The smallest absolute Gasteiger partial charge is 0.377 e. The number of alkyl halides is 5. The summed E-state index contributed by atoms with van der Waals surface area (Å²) < 4.78 is 107. The Bertz CT molecular complexity index is 3390. The van der Waals surface area contributed by atoms with Gasteiger partial charge in [-0.3, -0.25) is 57.5 Å². The number of hydrogen-bond donors (Lipinski definition) is 3. The predicted molar refractivity (Wildman–Crippen MR) is 375 cm³/mol. The van der Waals surface area contributed by atoms with Gasteiger partial charge in [-0.1, -0.05) is 59.1 Å². The van der Waals surface area contributed by atoms with E-state index in [-0.39, 0.29) is 89.0 Å². The van der Waals surface area contributed by atoms with Crippen molar-refractivity contribution in [3.8, 4) is 0 Å². The number of nitrogens with one attached hydrogen (secondary N) is 3. The summed E-state index contributed by atoms with van der Waals surface area (Å²) >= 11 is 0. The van der Waals surface area contributed by atoms with Crippen molar-refractivity contribution in [3.63, 3.8) is 0 Å². The molecular formula is C74H109F7N12O13. The number of nitrogens with zero attached hydrogens (tertiary/aromatic N) is 9. The van der Waals surface area contributed by atoms with Gasteiger partial charge in [0.2, 0.25) is 76.8 Å². The molecule has 7 rings (SSSR count). The molecule has 3 heterocycles. The van der Waals surface area contributed by atoms with Crippen molar-refractivity contribution in [2.75, 3.05) is 89.2 Å². The van der Waals surface area contributed by atoms with E-state index in [4.69, 9.17) is 4.74 Å². The summed E-state index contributed by atoms with van der Waals surface area (Å²) in [7, 11) is 10.9. The van der Waals surface area contributed by atoms with Crippen molar-refractivity contribution in [1.82, 2.24) is 60.0 Å². The van der Waals surface area contributed by atoms with Gasteiger partial charge < -0.3 is 64.8 Å². The van der Waals surface area contributed by atoms with Gasteiger partial charge in [-0.25, -0.2) is 17.6 Å². The average Bonchev–Trinajstić information content (AvgIpc) is 1.79. The van der Waals surface area contributed by atoms with E-state index < -0.39 is 223 Å². The Morgan fingerprint density at radius 3 is 1.88 bits per heavy atom. The second kappa shape index (κ2) is 36.3. The summed E-state index contributed by atoms with van der Waals surface area (Å²) in [5, 5.41) is 8.35. The fourth-order valence-electron chi connectivity index (χ4n) is 15.7. The number of carbonyl (C=O) groups is 12. The van der Waals surface area contributed by atoms with Crippen molar-refractivity contribution in [3.05, 3.63) is 47.0 Å². The molecule has 0 radical (unpaired) electrons. The molecule has 25 nitrogen and oxygen atoms in total. The fraction of sp³-hybridized carbons (Fsp3) is 0.730. The molecule has 0 aromatic heterocycles. The lowest BCUT2D eigenvalue weighted by molar-refractivity contribution is -0.158. The average molecular weight is 1510 g/mol. The number of aryl methyl sites for hydroxylation is 1. The van der Waals surface area contributed by atoms with Crippen molar-refractivity contribution in [1.29, 1.82) is 0 Å². The van der Waals surface area contributed by atoms with Gasteiger partial charge >= 0.3 is 6.18 Å². The Kier molecular flexibility index (Phi) is 29.2. The van der Waals surface area contributed by atoms with Crippen LogP contribution in [0.25, 0.3) is 0 Å². The van der Waals surface area contributed by atoms with Crippen molar-refractivity contribution in [2.45, 2.75) is 235 Å². The molecular weight excluding hydrogens is 1400 g/mol. The van der Waals surface area contributed by atoms with Crippen LogP contribution in [0.1, 0.15) is 168 Å². The fourth-order valence-corrected chi connectivity index (χ4v) is 15.7. The minimum atomic E-state index is -5.44. The molecule has 3 aliphatic heterocycles. The molecule has 3 N–H and O–H groups in total. The molecule has 2 saturated heterocycles. The van der Waals surface area contributed by atoms with Crippen molar-refractivity contribution in [2.24, 2.45) is 23.7 Å². The predicted octanol–water partition coefficient (Wildman–Crippen LogP) is 5.69. The summed E-state index contributed by atoms with van der Waals surface area (Å²) in [6, 6.07) is -10.5. The van der Waals surface area contributed by atoms with Crippen LogP contribution in [0.4, 0.5) is 30.7 Å². The molecule has 1 aromatic rings. The first-order valence-electron chi connectivity index (χ1n) is 37.2. The maximum atomic E-state index is 15.5. The number of carbonyl (C=O) groups excluding carboxylic acids is 12. The zero-order valence-corrected chi connectivity index (χ0v) is 63.5. The first kappa shape index (κ1) is 85.3. The van der Waals surface area contributed by atoms with Gasteiger partial charge in [-0.15, -0.1) is 0 Å². The number of rotatable bonds is 13. The lowest BCUT2D eigenvalue weighted by atomic mass is 9.74. The number of likely N-dealkylation sites (N-methyl/N-ethyl adjacent to an activating group) is 7. The van der Waals surface area contributed by atoms with Gasteiger partial charge in [-0.05, 0) is 132 Å². The van der Waals surface area contributed by atoms with Crippen LogP contribution < -0.4 is 16.0 Å². The maximum Gasteiger partial charge on any atom is 0.422 e. The van der Waals surface area contributed by atoms with Crippen LogP contribution >= 0.6 is 0 Å². The van der Waals surface area contributed by atoms with E-state index in [1.54, 1.807) is 32.9 Å². The highest BCUT2D eigenvalue weighted by Crippen LogP contribution is 2.41. The van der Waals surface area contributed by atoms with Gasteiger partial charge in [0.05, 0.1) is 25.6 Å². The third-order valence-electron chi connectivity index (χ3n) is 22.4. The van der Waals surface area contributed by atoms with Crippen LogP contribution in [-0.4, -0.2) is 270 Å². The molecule has 5 fully saturated rings. The topological polar surface area (TPSA) is 279 Å². The standard InChI is InChI=1S/C74H109F7N12O13/c1-14-44(5)61-69(103)87(9)42-59(96)88(10)52-24-17-16-20-33-92(68(52)102)56(37-45-27-31-73(77,78)32-28-45)67(101)86(8)41-57(94)82-51(26-25-46-35-49(75)60(50(76)36-46)74(79,80)81)65(99)93-40-48(106-15-2)38-54(93)64(98)84-72(29-21-30-72)71(105)91(13)62(47-22-18-19-23-47)70(104)90(12)55(66(100)85(6)7)39-58(95)89(11)53(34-43(3)4)63(97)83-61/h16-17,35-36,43-45,47-48,51-56,61-62H,14-15,18-34,37-42H2,1-13H3,(H,82,94)(H,83,97)(H,84,98)/b17-16-/t44-,48+,51-,52-,53-,54-,55-,56-,61-,62-/m0/s1. The molecule has 10 atom stereocenters. The first-order chi connectivity index (χ1) is 49.7. The van der Waals surface area contributed by atoms with E-state index >= 15 is 37.5 Å². The molecule has 3 saturated carbocycles. The number of benzene rings is 1. The molecule has 0 unspecified atom stereocenters. The molecule has 32 heteroatoms. The number of hydrogen-bond acceptors (Lipinski definition) is 13. The number of ether oxygens (including phenoxy) is 1. The lowest BCUT2D eigenvalue weighted by Gasteiger charge is -2.46. The number of halogens is 7. The zero-order chi connectivity index (χ0) is 78.8. The van der Waals surface area contributed by atoms with Crippen LogP contribution in [0.3, 0.4) is 0 Å². The first-order valence-corrected chi connectivity index (χ1v) is 37.2. The Morgan fingerprint density at radius 2 is 1.31 bits per heavy atom. The number of fused-ring (bicyclic) bond motifs is 3. The third-order valence-corrected chi connectivity index (χ3v) is 22.4. The van der Waals surface area contributed by atoms with Gasteiger partial charge in [0.25, 0.3) is 0 Å². The van der Waals surface area contributed by atoms with Gasteiger partial charge in [0.15, 0.2) is 0 Å². The molecule has 1 spiro atoms. The van der Waals surface area contributed by atoms with E-state index in [0.29, 0.717) is 50.7 Å². The molecule has 6 aliphatic rings. The monoisotopic (exact) mass is 1510 g/mol. The molecule has 2 bridgehead atoms. The van der Waals surface area contributed by atoms with E-state index in [1.165, 1.54) is 71.1 Å². The Hall–Kier alpha value is -7.93. The highest BCUT2D eigenvalue weighted by molar-refractivity contribution is 6.01. The Labute approximate surface area is 616 Å². The number of amides is 12. The molecule has 106 heavy (non-hydrogen) atoms. The molecule has 1 aromatic carbocycles. The summed E-state index contributed by atoms with van der Waals surface area (Å²) in [4.78, 5) is 191. The second-order valence-electron chi connectivity index (χ2n) is 30.7. The van der Waals surface area contributed by atoms with Crippen LogP contribution in [0, 0.1) is 35.3 Å². The second-order valence-corrected chi connectivity index (χ2v) is 30.7. The summed E-state index contributed by atoms with van der Waals surface area (Å²) in [5.41, 5.74) is -4.24. The van der Waals surface area contributed by atoms with Gasteiger partial charge in [-0.2, -0.15) is 13.2 Å². The Balaban J connectivity index is 1.34. The quantitative estimate of drug-likeness (QED) is 0.158. The van der Waals surface area contributed by atoms with Gasteiger partial charge in [0, 0.05) is 95.3 Å². The van der Waals surface area contributed by atoms with Crippen LogP contribution in [-0.2, 0) is 74.9 Å². The largest absolute Gasteiger partial charge is 0.422 e.